The first-order chi connectivity index (χ1) is 7.68. The predicted molar refractivity (Wildman–Crippen MR) is 69.5 cm³/mol. The molecule has 0 aromatic heterocycles. The highest BCUT2D eigenvalue weighted by Crippen LogP contribution is 2.00. The summed E-state index contributed by atoms with van der Waals surface area (Å²) >= 11 is 0. The number of nitrogens with two attached hydrogens (primary N) is 1. The van der Waals surface area contributed by atoms with Crippen molar-refractivity contribution in [1.29, 1.82) is 0 Å². The van der Waals surface area contributed by atoms with Crippen LogP contribution in [-0.4, -0.2) is 44.7 Å². The van der Waals surface area contributed by atoms with Crippen LogP contribution in [0.25, 0.3) is 0 Å². The molecule has 0 amide bonds. The molecule has 0 aliphatic rings. The third-order valence-electron chi connectivity index (χ3n) is 2.48. The van der Waals surface area contributed by atoms with Gasteiger partial charge in [-0.05, 0) is 26.1 Å². The van der Waals surface area contributed by atoms with Gasteiger partial charge < -0.3 is 16.0 Å². The molecule has 0 aliphatic carbocycles. The zero-order valence-electron chi connectivity index (χ0n) is 10.3. The highest BCUT2D eigenvalue weighted by atomic mass is 15.1. The summed E-state index contributed by atoms with van der Waals surface area (Å²) in [5, 5.41) is 3.37. The van der Waals surface area contributed by atoms with Crippen molar-refractivity contribution in [3.63, 3.8) is 0 Å². The Balaban J connectivity index is 2.14. The third-order valence-corrected chi connectivity index (χ3v) is 2.48. The quantitative estimate of drug-likeness (QED) is 0.666. The molecule has 16 heavy (non-hydrogen) atoms. The molecule has 3 heteroatoms. The monoisotopic (exact) mass is 221 g/mol. The van der Waals surface area contributed by atoms with Gasteiger partial charge in [0.2, 0.25) is 0 Å². The topological polar surface area (TPSA) is 41.3 Å². The third kappa shape index (κ3) is 5.85. The van der Waals surface area contributed by atoms with Gasteiger partial charge in [0.1, 0.15) is 0 Å². The molecule has 1 rings (SSSR count). The first-order valence-corrected chi connectivity index (χ1v) is 5.83. The standard InChI is InChI=1S/C13H23N3/c1-16(2)9-8-15-11-13(14)10-12-6-4-3-5-7-12/h3-7,13,15H,8-11,14H2,1-2H3/t13-/m0/s1. The molecule has 1 atom stereocenters. The Labute approximate surface area is 98.6 Å². The van der Waals surface area contributed by atoms with Crippen LogP contribution in [0, 0.1) is 0 Å². The van der Waals surface area contributed by atoms with Gasteiger partial charge in [0.25, 0.3) is 0 Å². The fraction of sp³-hybridized carbons (Fsp3) is 0.538. The van der Waals surface area contributed by atoms with Gasteiger partial charge in [-0.1, -0.05) is 30.3 Å². The minimum absolute atomic E-state index is 0.199. The number of hydrogen-bond donors (Lipinski definition) is 2. The maximum atomic E-state index is 6.05. The molecule has 0 aliphatic heterocycles. The van der Waals surface area contributed by atoms with Crippen LogP contribution in [-0.2, 0) is 6.42 Å². The van der Waals surface area contributed by atoms with Crippen molar-refractivity contribution >= 4 is 0 Å². The maximum absolute atomic E-state index is 6.05. The van der Waals surface area contributed by atoms with E-state index >= 15 is 0 Å². The van der Waals surface area contributed by atoms with E-state index < -0.39 is 0 Å². The van der Waals surface area contributed by atoms with Gasteiger partial charge in [-0.25, -0.2) is 0 Å². The second-order valence-electron chi connectivity index (χ2n) is 4.46. The zero-order valence-corrected chi connectivity index (χ0v) is 10.3. The molecule has 0 fully saturated rings. The van der Waals surface area contributed by atoms with E-state index in [-0.39, 0.29) is 6.04 Å². The van der Waals surface area contributed by atoms with Gasteiger partial charge >= 0.3 is 0 Å². The molecule has 0 unspecified atom stereocenters. The van der Waals surface area contributed by atoms with E-state index in [1.54, 1.807) is 0 Å². The summed E-state index contributed by atoms with van der Waals surface area (Å²) < 4.78 is 0. The van der Waals surface area contributed by atoms with Gasteiger partial charge in [0.05, 0.1) is 0 Å². The minimum atomic E-state index is 0.199. The van der Waals surface area contributed by atoms with Crippen LogP contribution in [0.5, 0.6) is 0 Å². The number of rotatable bonds is 7. The SMILES string of the molecule is CN(C)CCNC[C@@H](N)Cc1ccccc1. The summed E-state index contributed by atoms with van der Waals surface area (Å²) in [6.45, 7) is 2.93. The largest absolute Gasteiger partial charge is 0.326 e. The Bertz CT molecular complexity index is 272. The van der Waals surface area contributed by atoms with Crippen LogP contribution in [0.2, 0.25) is 0 Å². The number of likely N-dealkylation sites (N-methyl/N-ethyl adjacent to an activating group) is 1. The highest BCUT2D eigenvalue weighted by molar-refractivity contribution is 5.15. The van der Waals surface area contributed by atoms with Crippen LogP contribution in [0.1, 0.15) is 5.56 Å². The van der Waals surface area contributed by atoms with Gasteiger partial charge in [-0.3, -0.25) is 0 Å². The molecular weight excluding hydrogens is 198 g/mol. The van der Waals surface area contributed by atoms with E-state index in [4.69, 9.17) is 5.73 Å². The first kappa shape index (κ1) is 13.2. The van der Waals surface area contributed by atoms with E-state index in [0.717, 1.165) is 26.1 Å². The number of benzene rings is 1. The lowest BCUT2D eigenvalue weighted by Crippen LogP contribution is -2.38. The Kier molecular flexibility index (Phi) is 6.08. The first-order valence-electron chi connectivity index (χ1n) is 5.83. The van der Waals surface area contributed by atoms with Crippen molar-refractivity contribution in [2.45, 2.75) is 12.5 Å². The summed E-state index contributed by atoms with van der Waals surface area (Å²) in [5.74, 6) is 0. The smallest absolute Gasteiger partial charge is 0.0206 e. The van der Waals surface area contributed by atoms with Crippen LogP contribution >= 0.6 is 0 Å². The molecule has 90 valence electrons. The summed E-state index contributed by atoms with van der Waals surface area (Å²) in [6, 6.07) is 10.6. The number of nitrogens with zero attached hydrogens (tertiary/aromatic N) is 1. The molecule has 1 aromatic rings. The zero-order chi connectivity index (χ0) is 11.8. The summed E-state index contributed by atoms with van der Waals surface area (Å²) in [4.78, 5) is 2.16. The lowest BCUT2D eigenvalue weighted by Gasteiger charge is -2.14. The van der Waals surface area contributed by atoms with Crippen molar-refractivity contribution in [3.8, 4) is 0 Å². The number of nitrogens with one attached hydrogen (secondary N) is 1. The molecule has 0 bridgehead atoms. The van der Waals surface area contributed by atoms with Crippen LogP contribution in [0.15, 0.2) is 30.3 Å². The molecule has 1 aromatic carbocycles. The molecular formula is C13H23N3. The van der Waals surface area contributed by atoms with Gasteiger partial charge in [-0.15, -0.1) is 0 Å². The van der Waals surface area contributed by atoms with E-state index in [9.17, 15) is 0 Å². The van der Waals surface area contributed by atoms with E-state index in [1.165, 1.54) is 5.56 Å². The van der Waals surface area contributed by atoms with E-state index in [1.807, 2.05) is 6.07 Å². The van der Waals surface area contributed by atoms with Crippen LogP contribution < -0.4 is 11.1 Å². The maximum Gasteiger partial charge on any atom is 0.0206 e. The van der Waals surface area contributed by atoms with Crippen molar-refractivity contribution < 1.29 is 0 Å². The van der Waals surface area contributed by atoms with Crippen molar-refractivity contribution in [3.05, 3.63) is 35.9 Å². The molecule has 3 nitrogen and oxygen atoms in total. The molecule has 0 radical (unpaired) electrons. The summed E-state index contributed by atoms with van der Waals surface area (Å²) in [5.41, 5.74) is 7.36. The summed E-state index contributed by atoms with van der Waals surface area (Å²) in [7, 11) is 4.15. The summed E-state index contributed by atoms with van der Waals surface area (Å²) in [6.07, 6.45) is 0.940. The van der Waals surface area contributed by atoms with Crippen molar-refractivity contribution in [1.82, 2.24) is 10.2 Å². The Morgan fingerprint density at radius 2 is 1.94 bits per heavy atom. The van der Waals surface area contributed by atoms with Crippen LogP contribution in [0.3, 0.4) is 0 Å². The fourth-order valence-electron chi connectivity index (χ4n) is 1.58. The average molecular weight is 221 g/mol. The molecule has 0 saturated carbocycles. The average Bonchev–Trinajstić information content (AvgIpc) is 2.25. The second-order valence-corrected chi connectivity index (χ2v) is 4.46. The molecule has 0 spiro atoms. The van der Waals surface area contributed by atoms with Gasteiger partial charge in [0.15, 0.2) is 0 Å². The Morgan fingerprint density at radius 1 is 1.25 bits per heavy atom. The highest BCUT2D eigenvalue weighted by Gasteiger charge is 2.02. The van der Waals surface area contributed by atoms with Gasteiger partial charge in [0, 0.05) is 25.7 Å². The Hall–Kier alpha value is -0.900. The second kappa shape index (κ2) is 7.39. The lowest BCUT2D eigenvalue weighted by atomic mass is 10.1. The van der Waals surface area contributed by atoms with E-state index in [0.29, 0.717) is 0 Å². The molecule has 3 N–H and O–H groups in total. The van der Waals surface area contributed by atoms with Crippen LogP contribution in [0.4, 0.5) is 0 Å². The van der Waals surface area contributed by atoms with Crippen molar-refractivity contribution in [2.24, 2.45) is 5.73 Å². The molecule has 0 heterocycles. The normalized spacial score (nSPS) is 13.0. The fourth-order valence-corrected chi connectivity index (χ4v) is 1.58. The van der Waals surface area contributed by atoms with Crippen molar-refractivity contribution in [2.75, 3.05) is 33.7 Å². The molecule has 0 saturated heterocycles. The minimum Gasteiger partial charge on any atom is -0.326 e. The van der Waals surface area contributed by atoms with E-state index in [2.05, 4.69) is 48.6 Å². The number of hydrogen-bond acceptors (Lipinski definition) is 3. The predicted octanol–water partition coefficient (Wildman–Crippen LogP) is 0.708. The van der Waals surface area contributed by atoms with Gasteiger partial charge in [-0.2, -0.15) is 0 Å². The Morgan fingerprint density at radius 3 is 2.56 bits per heavy atom. The lowest BCUT2D eigenvalue weighted by molar-refractivity contribution is 0.396.